The number of amides is 3. The van der Waals surface area contributed by atoms with Gasteiger partial charge in [-0.15, -0.1) is 5.11 Å². The predicted octanol–water partition coefficient (Wildman–Crippen LogP) is 2.55. The molecule has 14 nitrogen and oxygen atoms in total. The van der Waals surface area contributed by atoms with Gasteiger partial charge in [-0.1, -0.05) is 61.5 Å². The van der Waals surface area contributed by atoms with Gasteiger partial charge in [0.15, 0.2) is 23.2 Å². The van der Waals surface area contributed by atoms with Crippen molar-refractivity contribution in [2.45, 2.75) is 57.4 Å². The van der Waals surface area contributed by atoms with Crippen molar-refractivity contribution in [2.75, 3.05) is 6.61 Å². The van der Waals surface area contributed by atoms with Gasteiger partial charge in [-0.2, -0.15) is 5.43 Å². The molecule has 48 heavy (non-hydrogen) atoms. The van der Waals surface area contributed by atoms with Crippen LogP contribution in [0.4, 0.5) is 8.78 Å². The third-order valence-corrected chi connectivity index (χ3v) is 7.47. The maximum atomic E-state index is 14.0. The Balaban J connectivity index is 1.48. The van der Waals surface area contributed by atoms with E-state index in [1.165, 1.54) is 0 Å². The van der Waals surface area contributed by atoms with Crippen LogP contribution in [0.2, 0.25) is 0 Å². The second kappa shape index (κ2) is 16.4. The summed E-state index contributed by atoms with van der Waals surface area (Å²) < 4.78 is 32.9. The lowest BCUT2D eigenvalue weighted by Gasteiger charge is -2.27. The van der Waals surface area contributed by atoms with Crippen LogP contribution in [0.25, 0.3) is 10.8 Å². The molecule has 16 heteroatoms. The molecular weight excluding hydrogens is 632 g/mol. The van der Waals surface area contributed by atoms with Crippen LogP contribution in [0.3, 0.4) is 0 Å². The average Bonchev–Trinajstić information content (AvgIpc) is 3.57. The zero-order valence-corrected chi connectivity index (χ0v) is 26.0. The van der Waals surface area contributed by atoms with Crippen LogP contribution >= 0.6 is 0 Å². The summed E-state index contributed by atoms with van der Waals surface area (Å²) in [4.78, 5) is 65.0. The highest BCUT2D eigenvalue weighted by molar-refractivity contribution is 6.08. The molecule has 1 aliphatic rings. The molecule has 0 spiro atoms. The lowest BCUT2D eigenvalue weighted by Crippen LogP contribution is -2.58. The van der Waals surface area contributed by atoms with E-state index in [1.54, 1.807) is 38.1 Å². The average molecular weight is 668 g/mol. The summed E-state index contributed by atoms with van der Waals surface area (Å²) in [7, 11) is 0. The maximum Gasteiger partial charge on any atom is 0.305 e. The van der Waals surface area contributed by atoms with Crippen LogP contribution in [0.5, 0.6) is 5.75 Å². The second-order valence-electron chi connectivity index (χ2n) is 11.3. The SMILES string of the molecule is CC(C)[C@H](NC(=O)[C@H](CCC1N=NNN1)NC(=O)c1cccc2ccccc12)C(=O)NC(CC(=O)O)C(=O)COc1c(F)cccc1F. The van der Waals surface area contributed by atoms with Gasteiger partial charge in [0.2, 0.25) is 11.8 Å². The van der Waals surface area contributed by atoms with Crippen molar-refractivity contribution >= 4 is 40.2 Å². The predicted molar refractivity (Wildman–Crippen MR) is 167 cm³/mol. The molecular formula is C32H35F2N7O7. The van der Waals surface area contributed by atoms with Gasteiger partial charge in [-0.05, 0) is 47.7 Å². The molecule has 6 N–H and O–H groups in total. The van der Waals surface area contributed by atoms with E-state index in [4.69, 9.17) is 4.74 Å². The topological polar surface area (TPSA) is 200 Å². The van der Waals surface area contributed by atoms with E-state index in [0.29, 0.717) is 10.9 Å². The number of ether oxygens (including phenoxy) is 1. The number of carboxylic acid groups (broad SMARTS) is 1. The number of carbonyl (C=O) groups is 5. The van der Waals surface area contributed by atoms with Crippen LogP contribution in [-0.2, 0) is 19.2 Å². The number of halogens is 2. The van der Waals surface area contributed by atoms with Gasteiger partial charge in [0.05, 0.1) is 6.42 Å². The number of hydrogen-bond acceptors (Lipinski definition) is 10. The second-order valence-corrected chi connectivity index (χ2v) is 11.3. The molecule has 254 valence electrons. The minimum absolute atomic E-state index is 0.0806. The number of nitrogens with one attached hydrogen (secondary N) is 5. The molecule has 0 saturated carbocycles. The lowest BCUT2D eigenvalue weighted by molar-refractivity contribution is -0.141. The first-order valence-electron chi connectivity index (χ1n) is 15.1. The number of nitrogens with zero attached hydrogens (tertiary/aromatic N) is 2. The van der Waals surface area contributed by atoms with Crippen molar-refractivity contribution in [3.8, 4) is 5.75 Å². The van der Waals surface area contributed by atoms with E-state index >= 15 is 0 Å². The Bertz CT molecular complexity index is 1680. The Morgan fingerprint density at radius 1 is 0.896 bits per heavy atom. The Morgan fingerprint density at radius 3 is 2.25 bits per heavy atom. The molecule has 0 fully saturated rings. The summed E-state index contributed by atoms with van der Waals surface area (Å²) in [6.07, 6.45) is -1.01. The normalized spacial score (nSPS) is 15.6. The zero-order valence-electron chi connectivity index (χ0n) is 26.0. The number of fused-ring (bicyclic) bond motifs is 1. The molecule has 1 heterocycles. The van der Waals surface area contributed by atoms with Crippen LogP contribution < -0.4 is 31.6 Å². The Morgan fingerprint density at radius 2 is 1.58 bits per heavy atom. The number of aliphatic carboxylic acids is 1. The summed E-state index contributed by atoms with van der Waals surface area (Å²) in [6.45, 7) is 2.28. The molecule has 3 aromatic carbocycles. The summed E-state index contributed by atoms with van der Waals surface area (Å²) in [5.41, 5.74) is 5.61. The largest absolute Gasteiger partial charge is 0.481 e. The molecule has 2 unspecified atom stereocenters. The number of hydrogen-bond donors (Lipinski definition) is 6. The lowest BCUT2D eigenvalue weighted by atomic mass is 10.00. The Hall–Kier alpha value is -5.51. The van der Waals surface area contributed by atoms with Crippen molar-refractivity contribution in [3.05, 3.63) is 77.9 Å². The van der Waals surface area contributed by atoms with E-state index in [0.717, 1.165) is 23.6 Å². The molecule has 0 aromatic heterocycles. The van der Waals surface area contributed by atoms with Crippen molar-refractivity contribution in [1.29, 1.82) is 0 Å². The first kappa shape index (κ1) is 35.3. The van der Waals surface area contributed by atoms with Gasteiger partial charge in [0.25, 0.3) is 5.91 Å². The highest BCUT2D eigenvalue weighted by atomic mass is 19.1. The fourth-order valence-electron chi connectivity index (χ4n) is 4.95. The van der Waals surface area contributed by atoms with Crippen LogP contribution in [0, 0.1) is 17.6 Å². The molecule has 0 aliphatic carbocycles. The van der Waals surface area contributed by atoms with Gasteiger partial charge >= 0.3 is 5.97 Å². The fourth-order valence-corrected chi connectivity index (χ4v) is 4.95. The minimum Gasteiger partial charge on any atom is -0.481 e. The first-order chi connectivity index (χ1) is 22.9. The zero-order chi connectivity index (χ0) is 34.8. The number of hydrazine groups is 1. The van der Waals surface area contributed by atoms with Gasteiger partial charge in [-0.3, -0.25) is 24.0 Å². The summed E-state index contributed by atoms with van der Waals surface area (Å²) in [6, 6.07) is 11.3. The van der Waals surface area contributed by atoms with Crippen LogP contribution in [0.15, 0.2) is 71.0 Å². The fraction of sp³-hybridized carbons (Fsp3) is 0.344. The molecule has 4 atom stereocenters. The molecule has 0 saturated heterocycles. The Kier molecular flexibility index (Phi) is 12.0. The van der Waals surface area contributed by atoms with Crippen molar-refractivity contribution in [3.63, 3.8) is 0 Å². The third-order valence-electron chi connectivity index (χ3n) is 7.47. The molecule has 3 amide bonds. The molecule has 0 bridgehead atoms. The van der Waals surface area contributed by atoms with Gasteiger partial charge in [0.1, 0.15) is 30.9 Å². The van der Waals surface area contributed by atoms with Gasteiger partial charge < -0.3 is 25.8 Å². The summed E-state index contributed by atoms with van der Waals surface area (Å²) in [5, 5.41) is 26.1. The van der Waals surface area contributed by atoms with Crippen molar-refractivity contribution < 1.29 is 42.6 Å². The molecule has 3 aromatic rings. The van der Waals surface area contributed by atoms with Crippen LogP contribution in [0.1, 0.15) is 43.5 Å². The van der Waals surface area contributed by atoms with Gasteiger partial charge in [-0.25, -0.2) is 14.3 Å². The summed E-state index contributed by atoms with van der Waals surface area (Å²) >= 11 is 0. The first-order valence-corrected chi connectivity index (χ1v) is 15.1. The highest BCUT2D eigenvalue weighted by Crippen LogP contribution is 2.21. The number of rotatable bonds is 16. The van der Waals surface area contributed by atoms with E-state index in [9.17, 15) is 37.9 Å². The standard InChI is InChI=1S/C32H35F2N7O7/c1-17(2)28(32(47)36-24(15-27(43)44)25(42)16-48-29-21(33)11-6-12-22(29)34)37-31(46)23(13-14-26-38-40-41-39-26)35-30(45)20-10-5-8-18-7-3-4-9-19(18)20/h3-12,17,23-24,26,28H,13-16H2,1-2H3,(H,35,45)(H,36,47)(H,37,46)(H,38,41)(H,39,40)(H,43,44)/t23-,24?,28-/m0/s1. The third kappa shape index (κ3) is 9.28. The smallest absolute Gasteiger partial charge is 0.305 e. The molecule has 4 rings (SSSR count). The molecule has 1 aliphatic heterocycles. The minimum atomic E-state index is -1.66. The van der Waals surface area contributed by atoms with E-state index < -0.39 is 90.1 Å². The highest BCUT2D eigenvalue weighted by Gasteiger charge is 2.33. The summed E-state index contributed by atoms with van der Waals surface area (Å²) in [5.74, 6) is -8.13. The van der Waals surface area contributed by atoms with Gasteiger partial charge in [0, 0.05) is 5.56 Å². The van der Waals surface area contributed by atoms with E-state index in [2.05, 4.69) is 37.2 Å². The number of Topliss-reactive ketones (excluding diaryl/α,β-unsaturated/α-hetero) is 1. The number of carbonyl (C=O) groups excluding carboxylic acids is 4. The van der Waals surface area contributed by atoms with E-state index in [-0.39, 0.29) is 12.8 Å². The number of para-hydroxylation sites is 1. The van der Waals surface area contributed by atoms with Crippen LogP contribution in [-0.4, -0.2) is 65.5 Å². The van der Waals surface area contributed by atoms with E-state index in [1.807, 2.05) is 18.2 Å². The number of ketones is 1. The Labute approximate surface area is 273 Å². The monoisotopic (exact) mass is 667 g/mol. The quantitative estimate of drug-likeness (QED) is 0.133. The van der Waals surface area contributed by atoms with Crippen molar-refractivity contribution in [2.24, 2.45) is 16.3 Å². The number of benzene rings is 3. The van der Waals surface area contributed by atoms with Crippen molar-refractivity contribution in [1.82, 2.24) is 26.9 Å². The number of carboxylic acids is 1. The maximum absolute atomic E-state index is 14.0. The molecule has 0 radical (unpaired) electrons.